The van der Waals surface area contributed by atoms with Crippen molar-refractivity contribution in [3.8, 4) is 5.75 Å². The van der Waals surface area contributed by atoms with Gasteiger partial charge in [-0.05, 0) is 34.5 Å². The summed E-state index contributed by atoms with van der Waals surface area (Å²) >= 11 is 3.15. The summed E-state index contributed by atoms with van der Waals surface area (Å²) in [6.45, 7) is 1.78. The van der Waals surface area contributed by atoms with Crippen molar-refractivity contribution >= 4 is 21.6 Å². The maximum absolute atomic E-state index is 10.6. The van der Waals surface area contributed by atoms with Crippen LogP contribution in [-0.2, 0) is 0 Å². The molecule has 0 saturated carbocycles. The standard InChI is InChI=1S/C8H8BrNO3/c1-5-3-6(13-2)4-7(8(5)9)10(11)12/h3-4H,1-2H3. The van der Waals surface area contributed by atoms with Gasteiger partial charge < -0.3 is 4.74 Å². The first-order valence-electron chi connectivity index (χ1n) is 3.54. The summed E-state index contributed by atoms with van der Waals surface area (Å²) in [6.07, 6.45) is 0. The minimum absolute atomic E-state index is 0.0249. The molecule has 0 saturated heterocycles. The predicted octanol–water partition coefficient (Wildman–Crippen LogP) is 2.67. The van der Waals surface area contributed by atoms with E-state index in [1.54, 1.807) is 13.0 Å². The number of nitrogens with zero attached hydrogens (tertiary/aromatic N) is 1. The molecule has 0 aromatic heterocycles. The Morgan fingerprint density at radius 1 is 1.54 bits per heavy atom. The third-order valence-corrected chi connectivity index (χ3v) is 2.67. The lowest BCUT2D eigenvalue weighted by molar-refractivity contribution is -0.385. The number of nitro benzene ring substituents is 1. The molecule has 0 amide bonds. The average Bonchev–Trinajstić information content (AvgIpc) is 2.09. The van der Waals surface area contributed by atoms with E-state index < -0.39 is 4.92 Å². The molecule has 0 aliphatic rings. The lowest BCUT2D eigenvalue weighted by Gasteiger charge is -2.03. The van der Waals surface area contributed by atoms with Gasteiger partial charge in [-0.2, -0.15) is 0 Å². The zero-order chi connectivity index (χ0) is 10.0. The van der Waals surface area contributed by atoms with E-state index >= 15 is 0 Å². The van der Waals surface area contributed by atoms with Crippen LogP contribution in [0.3, 0.4) is 0 Å². The first-order valence-corrected chi connectivity index (χ1v) is 4.34. The smallest absolute Gasteiger partial charge is 0.287 e. The van der Waals surface area contributed by atoms with Gasteiger partial charge in [0.15, 0.2) is 0 Å². The topological polar surface area (TPSA) is 52.4 Å². The Bertz CT molecular complexity index is 351. The van der Waals surface area contributed by atoms with Crippen LogP contribution in [0.25, 0.3) is 0 Å². The fourth-order valence-electron chi connectivity index (χ4n) is 0.969. The van der Waals surface area contributed by atoms with Gasteiger partial charge >= 0.3 is 0 Å². The highest BCUT2D eigenvalue weighted by atomic mass is 79.9. The monoisotopic (exact) mass is 245 g/mol. The van der Waals surface area contributed by atoms with Crippen LogP contribution in [0.2, 0.25) is 0 Å². The number of rotatable bonds is 2. The highest BCUT2D eigenvalue weighted by Gasteiger charge is 2.15. The van der Waals surface area contributed by atoms with Crippen molar-refractivity contribution < 1.29 is 9.66 Å². The van der Waals surface area contributed by atoms with Crippen LogP contribution >= 0.6 is 15.9 Å². The van der Waals surface area contributed by atoms with Gasteiger partial charge in [-0.1, -0.05) is 0 Å². The van der Waals surface area contributed by atoms with Gasteiger partial charge in [0, 0.05) is 0 Å². The zero-order valence-electron chi connectivity index (χ0n) is 7.20. The average molecular weight is 246 g/mol. The van der Waals surface area contributed by atoms with Crippen molar-refractivity contribution in [2.75, 3.05) is 7.11 Å². The Balaban J connectivity index is 3.33. The van der Waals surface area contributed by atoms with Crippen LogP contribution in [0, 0.1) is 17.0 Å². The maximum atomic E-state index is 10.6. The molecule has 4 nitrogen and oxygen atoms in total. The van der Waals surface area contributed by atoms with Crippen molar-refractivity contribution in [2.45, 2.75) is 6.92 Å². The summed E-state index contributed by atoms with van der Waals surface area (Å²) in [5.41, 5.74) is 0.808. The number of ether oxygens (including phenoxy) is 1. The molecule has 1 aromatic carbocycles. The van der Waals surface area contributed by atoms with E-state index in [4.69, 9.17) is 4.74 Å². The lowest BCUT2D eigenvalue weighted by Crippen LogP contribution is -1.93. The van der Waals surface area contributed by atoms with Gasteiger partial charge in [-0.3, -0.25) is 10.1 Å². The van der Waals surface area contributed by atoms with E-state index in [0.29, 0.717) is 10.2 Å². The second kappa shape index (κ2) is 3.74. The summed E-state index contributed by atoms with van der Waals surface area (Å²) in [5.74, 6) is 0.493. The summed E-state index contributed by atoms with van der Waals surface area (Å²) in [4.78, 5) is 10.1. The SMILES string of the molecule is COc1cc(C)c(Br)c([N+](=O)[O-])c1. The van der Waals surface area contributed by atoms with Crippen molar-refractivity contribution in [3.63, 3.8) is 0 Å². The van der Waals surface area contributed by atoms with Crippen LogP contribution in [-0.4, -0.2) is 12.0 Å². The normalized spacial score (nSPS) is 9.77. The summed E-state index contributed by atoms with van der Waals surface area (Å²) in [5, 5.41) is 10.6. The molecule has 0 unspecified atom stereocenters. The molecule has 1 aromatic rings. The van der Waals surface area contributed by atoms with Crippen molar-refractivity contribution in [2.24, 2.45) is 0 Å². The van der Waals surface area contributed by atoms with Crippen LogP contribution in [0.1, 0.15) is 5.56 Å². The minimum Gasteiger partial charge on any atom is -0.496 e. The molecule has 0 heterocycles. The Labute approximate surface area is 83.8 Å². The molecule has 13 heavy (non-hydrogen) atoms. The number of nitro groups is 1. The summed E-state index contributed by atoms with van der Waals surface area (Å²) < 4.78 is 5.41. The quantitative estimate of drug-likeness (QED) is 0.595. The van der Waals surface area contributed by atoms with E-state index in [1.807, 2.05) is 0 Å². The number of hydrogen-bond donors (Lipinski definition) is 0. The van der Waals surface area contributed by atoms with Crippen LogP contribution in [0.5, 0.6) is 5.75 Å². The molecule has 0 fully saturated rings. The summed E-state index contributed by atoms with van der Waals surface area (Å²) in [7, 11) is 1.48. The van der Waals surface area contributed by atoms with E-state index in [-0.39, 0.29) is 5.69 Å². The molecular weight excluding hydrogens is 238 g/mol. The molecule has 0 radical (unpaired) electrons. The van der Waals surface area contributed by atoms with Gasteiger partial charge in [-0.25, -0.2) is 0 Å². The van der Waals surface area contributed by atoms with Crippen LogP contribution in [0.4, 0.5) is 5.69 Å². The van der Waals surface area contributed by atoms with Gasteiger partial charge in [0.05, 0.1) is 22.6 Å². The summed E-state index contributed by atoms with van der Waals surface area (Å²) in [6, 6.07) is 3.12. The van der Waals surface area contributed by atoms with Gasteiger partial charge in [0.2, 0.25) is 0 Å². The highest BCUT2D eigenvalue weighted by molar-refractivity contribution is 9.10. The van der Waals surface area contributed by atoms with Crippen molar-refractivity contribution in [3.05, 3.63) is 32.3 Å². The largest absolute Gasteiger partial charge is 0.496 e. The molecule has 0 aliphatic carbocycles. The van der Waals surface area contributed by atoms with Gasteiger partial charge in [0.1, 0.15) is 5.75 Å². The highest BCUT2D eigenvalue weighted by Crippen LogP contribution is 2.32. The Hall–Kier alpha value is -1.10. The maximum Gasteiger partial charge on any atom is 0.287 e. The molecular formula is C8H8BrNO3. The number of benzene rings is 1. The molecule has 0 spiro atoms. The minimum atomic E-state index is -0.445. The van der Waals surface area contributed by atoms with Crippen LogP contribution < -0.4 is 4.74 Å². The predicted molar refractivity (Wildman–Crippen MR) is 52.1 cm³/mol. The number of hydrogen-bond acceptors (Lipinski definition) is 3. The first-order chi connectivity index (χ1) is 6.06. The second-order valence-corrected chi connectivity index (χ2v) is 3.33. The van der Waals surface area contributed by atoms with Crippen molar-refractivity contribution in [1.82, 2.24) is 0 Å². The second-order valence-electron chi connectivity index (χ2n) is 2.53. The molecule has 1 rings (SSSR count). The molecule has 0 bridgehead atoms. The fourth-order valence-corrected chi connectivity index (χ4v) is 1.34. The lowest BCUT2D eigenvalue weighted by atomic mass is 10.2. The molecule has 70 valence electrons. The third-order valence-electron chi connectivity index (χ3n) is 1.64. The van der Waals surface area contributed by atoms with Crippen molar-refractivity contribution in [1.29, 1.82) is 0 Å². The van der Waals surface area contributed by atoms with Gasteiger partial charge in [0.25, 0.3) is 5.69 Å². The van der Waals surface area contributed by atoms with Crippen LogP contribution in [0.15, 0.2) is 16.6 Å². The van der Waals surface area contributed by atoms with E-state index in [0.717, 1.165) is 5.56 Å². The molecule has 0 N–H and O–H groups in total. The fraction of sp³-hybridized carbons (Fsp3) is 0.250. The van der Waals surface area contributed by atoms with E-state index in [1.165, 1.54) is 13.2 Å². The van der Waals surface area contributed by atoms with E-state index in [9.17, 15) is 10.1 Å². The first kappa shape index (κ1) is 9.98. The number of halogens is 1. The molecule has 0 aliphatic heterocycles. The third kappa shape index (κ3) is 1.98. The number of methoxy groups -OCH3 is 1. The molecule has 5 heteroatoms. The number of aryl methyl sites for hydroxylation is 1. The molecule has 0 atom stereocenters. The Kier molecular flexibility index (Phi) is 2.87. The Morgan fingerprint density at radius 3 is 2.62 bits per heavy atom. The Morgan fingerprint density at radius 2 is 2.15 bits per heavy atom. The van der Waals surface area contributed by atoms with E-state index in [2.05, 4.69) is 15.9 Å². The van der Waals surface area contributed by atoms with Gasteiger partial charge in [-0.15, -0.1) is 0 Å². The zero-order valence-corrected chi connectivity index (χ0v) is 8.79.